The second-order valence-corrected chi connectivity index (χ2v) is 8.62. The number of primary amides is 1. The maximum atomic E-state index is 12.8. The fourth-order valence-corrected chi connectivity index (χ4v) is 3.17. The van der Waals surface area contributed by atoms with Gasteiger partial charge >= 0.3 is 5.97 Å². The van der Waals surface area contributed by atoms with Gasteiger partial charge in [0.05, 0.1) is 6.04 Å². The van der Waals surface area contributed by atoms with Gasteiger partial charge in [0, 0.05) is 12.2 Å². The summed E-state index contributed by atoms with van der Waals surface area (Å²) in [7, 11) is 0. The van der Waals surface area contributed by atoms with E-state index in [9.17, 15) is 24.0 Å². The smallest absolute Gasteiger partial charge is 0.327 e. The number of thioether (sulfide) groups is 1. The first-order chi connectivity index (χ1) is 14.4. The van der Waals surface area contributed by atoms with Crippen LogP contribution in [0.2, 0.25) is 0 Å². The quantitative estimate of drug-likeness (QED) is 0.137. The van der Waals surface area contributed by atoms with Gasteiger partial charge in [-0.25, -0.2) is 4.79 Å². The fraction of sp³-hybridized carbons (Fsp3) is 0.722. The minimum atomic E-state index is -1.24. The van der Waals surface area contributed by atoms with Crippen molar-refractivity contribution in [1.82, 2.24) is 16.0 Å². The molecule has 31 heavy (non-hydrogen) atoms. The van der Waals surface area contributed by atoms with Crippen LogP contribution in [0.1, 0.15) is 33.1 Å². The predicted molar refractivity (Wildman–Crippen MR) is 122 cm³/mol. The lowest BCUT2D eigenvalue weighted by atomic mass is 10.0. The number of rotatable bonds is 15. The van der Waals surface area contributed by atoms with Gasteiger partial charge in [0.15, 0.2) is 0 Å². The largest absolute Gasteiger partial charge is 0.480 e. The third-order valence-corrected chi connectivity index (χ3v) is 5.34. The normalized spacial score (nSPS) is 14.8. The summed E-state index contributed by atoms with van der Waals surface area (Å²) in [6.07, 6.45) is 2.09. The molecule has 0 aliphatic heterocycles. The predicted octanol–water partition coefficient (Wildman–Crippen LogP) is -1.54. The van der Waals surface area contributed by atoms with Crippen LogP contribution in [0, 0.1) is 5.92 Å². The SMILES string of the molecule is CSCCC(NC(=O)C(N)CCC(N)=O)C(=O)NC(C(=O)NC(CS)C(=O)O)C(C)C. The average molecular weight is 480 g/mol. The highest BCUT2D eigenvalue weighted by Gasteiger charge is 2.31. The molecule has 0 saturated carbocycles. The highest BCUT2D eigenvalue weighted by Crippen LogP contribution is 2.07. The van der Waals surface area contributed by atoms with Crippen LogP contribution in [-0.2, 0) is 24.0 Å². The standard InChI is InChI=1S/C18H33N5O6S2/c1-9(2)14(17(27)22-12(8-30)18(28)29)23-16(26)11(6-7-31-3)21-15(25)10(19)4-5-13(20)24/h9-12,14,30H,4-8,19H2,1-3H3,(H2,20,24)(H,21,25)(H,22,27)(H,23,26)(H,28,29). The van der Waals surface area contributed by atoms with E-state index < -0.39 is 53.8 Å². The number of aliphatic carboxylic acids is 1. The summed E-state index contributed by atoms with van der Waals surface area (Å²) in [5, 5.41) is 16.6. The van der Waals surface area contributed by atoms with Crippen molar-refractivity contribution >= 4 is 54.0 Å². The molecule has 0 fully saturated rings. The molecule has 4 unspecified atom stereocenters. The van der Waals surface area contributed by atoms with Gasteiger partial charge in [-0.3, -0.25) is 19.2 Å². The molecule has 4 amide bonds. The molecule has 4 atom stereocenters. The van der Waals surface area contributed by atoms with E-state index in [4.69, 9.17) is 16.6 Å². The number of nitrogens with one attached hydrogen (secondary N) is 3. The number of hydrogen-bond acceptors (Lipinski definition) is 8. The molecule has 0 aromatic rings. The zero-order chi connectivity index (χ0) is 24.1. The van der Waals surface area contributed by atoms with Gasteiger partial charge in [0.1, 0.15) is 18.1 Å². The van der Waals surface area contributed by atoms with Gasteiger partial charge in [-0.15, -0.1) is 0 Å². The molecule has 0 bridgehead atoms. The Morgan fingerprint density at radius 3 is 2.00 bits per heavy atom. The van der Waals surface area contributed by atoms with E-state index in [1.807, 2.05) is 6.26 Å². The lowest BCUT2D eigenvalue weighted by Gasteiger charge is -2.26. The molecular formula is C18H33N5O6S2. The van der Waals surface area contributed by atoms with E-state index >= 15 is 0 Å². The molecule has 178 valence electrons. The van der Waals surface area contributed by atoms with E-state index in [2.05, 4.69) is 28.6 Å². The molecule has 0 aromatic carbocycles. The Balaban J connectivity index is 5.26. The van der Waals surface area contributed by atoms with Crippen molar-refractivity contribution in [3.8, 4) is 0 Å². The van der Waals surface area contributed by atoms with Crippen molar-refractivity contribution in [3.63, 3.8) is 0 Å². The summed E-state index contributed by atoms with van der Waals surface area (Å²) in [5.74, 6) is -3.64. The molecule has 0 radical (unpaired) electrons. The Hall–Kier alpha value is -1.99. The van der Waals surface area contributed by atoms with Crippen LogP contribution in [0.25, 0.3) is 0 Å². The van der Waals surface area contributed by atoms with Crippen molar-refractivity contribution in [2.75, 3.05) is 17.8 Å². The number of amides is 4. The number of carboxylic acid groups (broad SMARTS) is 1. The summed E-state index contributed by atoms with van der Waals surface area (Å²) in [6, 6.07) is -4.21. The third kappa shape index (κ3) is 11.3. The van der Waals surface area contributed by atoms with Gasteiger partial charge in [0.25, 0.3) is 0 Å². The molecule has 0 aromatic heterocycles. The lowest BCUT2D eigenvalue weighted by Crippen LogP contribution is -2.58. The van der Waals surface area contributed by atoms with Crippen LogP contribution in [-0.4, -0.2) is 76.6 Å². The van der Waals surface area contributed by atoms with Gasteiger partial charge in [-0.05, 0) is 30.8 Å². The van der Waals surface area contributed by atoms with E-state index in [-0.39, 0.29) is 30.9 Å². The summed E-state index contributed by atoms with van der Waals surface area (Å²) >= 11 is 5.37. The number of carbonyl (C=O) groups is 5. The Labute approximate surface area is 191 Å². The molecular weight excluding hydrogens is 446 g/mol. The number of carbonyl (C=O) groups excluding carboxylic acids is 4. The minimum absolute atomic E-state index is 0.0371. The van der Waals surface area contributed by atoms with E-state index in [0.717, 1.165) is 0 Å². The molecule has 13 heteroatoms. The van der Waals surface area contributed by atoms with E-state index in [1.165, 1.54) is 11.8 Å². The Morgan fingerprint density at radius 2 is 1.55 bits per heavy atom. The van der Waals surface area contributed by atoms with Crippen LogP contribution in [0.4, 0.5) is 0 Å². The maximum absolute atomic E-state index is 12.8. The molecule has 8 N–H and O–H groups in total. The van der Waals surface area contributed by atoms with Gasteiger partial charge in [-0.2, -0.15) is 24.4 Å². The van der Waals surface area contributed by atoms with Gasteiger partial charge < -0.3 is 32.5 Å². The zero-order valence-corrected chi connectivity index (χ0v) is 19.6. The molecule has 0 saturated heterocycles. The van der Waals surface area contributed by atoms with Crippen LogP contribution in [0.15, 0.2) is 0 Å². The van der Waals surface area contributed by atoms with Crippen molar-refractivity contribution < 1.29 is 29.1 Å². The first kappa shape index (κ1) is 29.0. The van der Waals surface area contributed by atoms with Crippen LogP contribution < -0.4 is 27.4 Å². The topological polar surface area (TPSA) is 194 Å². The van der Waals surface area contributed by atoms with Gasteiger partial charge in [0.2, 0.25) is 23.6 Å². The van der Waals surface area contributed by atoms with Crippen LogP contribution in [0.3, 0.4) is 0 Å². The number of hydrogen-bond donors (Lipinski definition) is 7. The van der Waals surface area contributed by atoms with Crippen molar-refractivity contribution in [1.29, 1.82) is 0 Å². The minimum Gasteiger partial charge on any atom is -0.480 e. The third-order valence-electron chi connectivity index (χ3n) is 4.33. The summed E-state index contributed by atoms with van der Waals surface area (Å²) in [5.41, 5.74) is 10.8. The van der Waals surface area contributed by atoms with Crippen molar-refractivity contribution in [2.45, 2.75) is 57.3 Å². The highest BCUT2D eigenvalue weighted by molar-refractivity contribution is 7.98. The molecule has 0 aliphatic carbocycles. The summed E-state index contributed by atoms with van der Waals surface area (Å²) in [4.78, 5) is 59.7. The number of nitrogens with two attached hydrogens (primary N) is 2. The first-order valence-corrected chi connectivity index (χ1v) is 11.7. The second kappa shape index (κ2) is 14.9. The number of thiol groups is 1. The van der Waals surface area contributed by atoms with Crippen LogP contribution in [0.5, 0.6) is 0 Å². The van der Waals surface area contributed by atoms with Crippen LogP contribution >= 0.6 is 24.4 Å². The highest BCUT2D eigenvalue weighted by atomic mass is 32.2. The first-order valence-electron chi connectivity index (χ1n) is 9.72. The Morgan fingerprint density at radius 1 is 0.968 bits per heavy atom. The fourth-order valence-electron chi connectivity index (χ4n) is 2.45. The summed E-state index contributed by atoms with van der Waals surface area (Å²) < 4.78 is 0. The monoisotopic (exact) mass is 479 g/mol. The van der Waals surface area contributed by atoms with Gasteiger partial charge in [-0.1, -0.05) is 13.8 Å². The Bertz CT molecular complexity index is 649. The molecule has 0 rings (SSSR count). The van der Waals surface area contributed by atoms with Crippen molar-refractivity contribution in [3.05, 3.63) is 0 Å². The maximum Gasteiger partial charge on any atom is 0.327 e. The second-order valence-electron chi connectivity index (χ2n) is 7.27. The van der Waals surface area contributed by atoms with Crippen molar-refractivity contribution in [2.24, 2.45) is 17.4 Å². The Kier molecular flexibility index (Phi) is 14.0. The number of carboxylic acids is 1. The lowest BCUT2D eigenvalue weighted by molar-refractivity contribution is -0.142. The van der Waals surface area contributed by atoms with E-state index in [1.54, 1.807) is 13.8 Å². The molecule has 0 spiro atoms. The molecule has 0 aliphatic rings. The zero-order valence-electron chi connectivity index (χ0n) is 17.9. The average Bonchev–Trinajstić information content (AvgIpc) is 2.69. The van der Waals surface area contributed by atoms with E-state index in [0.29, 0.717) is 5.75 Å². The molecule has 0 heterocycles. The molecule has 11 nitrogen and oxygen atoms in total. The summed E-state index contributed by atoms with van der Waals surface area (Å²) in [6.45, 7) is 3.38.